The van der Waals surface area contributed by atoms with Gasteiger partial charge in [0, 0.05) is 12.7 Å². The molecule has 0 aliphatic carbocycles. The van der Waals surface area contributed by atoms with Crippen molar-refractivity contribution in [3.63, 3.8) is 0 Å². The molecule has 1 amide bonds. The predicted octanol–water partition coefficient (Wildman–Crippen LogP) is -0.435. The second-order valence-electron chi connectivity index (χ2n) is 7.30. The van der Waals surface area contributed by atoms with Gasteiger partial charge in [0.05, 0.1) is 16.8 Å². The summed E-state index contributed by atoms with van der Waals surface area (Å²) in [5.41, 5.74) is 0.672. The molecular weight excluding hydrogens is 462 g/mol. The molecule has 0 spiro atoms. The molecule has 1 aromatic carbocycles. The minimum absolute atomic E-state index is 0.359. The number of nitrogens with one attached hydrogen (secondary N) is 1. The second-order valence-corrected chi connectivity index (χ2v) is 9.34. The lowest BCUT2D eigenvalue weighted by atomic mass is 9.97. The van der Waals surface area contributed by atoms with Crippen molar-refractivity contribution < 1.29 is 39.5 Å². The standard InChI is InChI=1S/C19H21N3O8S2/c1-7(24)20-13-15(26)14(25)11(5-23)30-19(13)29-8-2-3-9-12(4-8)32-17(21-9)16-22-10(6-31-16)18(27)28/h2-4,10-11,13-15,19,23,25-26H,5-6H2,1H3,(H,20,24)(H,27,28)/t10-,11-,13-,14+,15+,19+/m1/s1. The zero-order chi connectivity index (χ0) is 23.0. The normalized spacial score (nSPS) is 30.2. The van der Waals surface area contributed by atoms with Crippen LogP contribution in [0.1, 0.15) is 11.9 Å². The second kappa shape index (κ2) is 9.29. The maximum Gasteiger partial charge on any atom is 0.329 e. The van der Waals surface area contributed by atoms with Crippen LogP contribution in [0.4, 0.5) is 0 Å². The molecule has 5 N–H and O–H groups in total. The molecule has 0 bridgehead atoms. The van der Waals surface area contributed by atoms with Gasteiger partial charge in [0.1, 0.15) is 40.2 Å². The van der Waals surface area contributed by atoms with Gasteiger partial charge in [-0.25, -0.2) is 9.78 Å². The van der Waals surface area contributed by atoms with Crippen molar-refractivity contribution in [1.29, 1.82) is 0 Å². The van der Waals surface area contributed by atoms with Crippen molar-refractivity contribution >= 4 is 50.2 Å². The van der Waals surface area contributed by atoms with Crippen molar-refractivity contribution in [2.45, 2.75) is 43.6 Å². The summed E-state index contributed by atoms with van der Waals surface area (Å²) in [5.74, 6) is -0.701. The van der Waals surface area contributed by atoms with Crippen LogP contribution in [0.25, 0.3) is 10.2 Å². The Kier molecular flexibility index (Phi) is 6.65. The number of carbonyl (C=O) groups is 2. The van der Waals surface area contributed by atoms with E-state index in [1.165, 1.54) is 30.0 Å². The van der Waals surface area contributed by atoms with Crippen molar-refractivity contribution in [3.05, 3.63) is 23.2 Å². The van der Waals surface area contributed by atoms with Gasteiger partial charge < -0.3 is 35.2 Å². The lowest BCUT2D eigenvalue weighted by Gasteiger charge is -2.42. The third-order valence-corrected chi connectivity index (χ3v) is 7.19. The monoisotopic (exact) mass is 483 g/mol. The number of carboxylic acid groups (broad SMARTS) is 1. The molecule has 2 aliphatic heterocycles. The summed E-state index contributed by atoms with van der Waals surface area (Å²) < 4.78 is 12.2. The highest BCUT2D eigenvalue weighted by atomic mass is 32.2. The average molecular weight is 484 g/mol. The Hall–Kier alpha value is -2.29. The van der Waals surface area contributed by atoms with Gasteiger partial charge in [-0.05, 0) is 18.2 Å². The molecular formula is C19H21N3O8S2. The molecule has 0 unspecified atom stereocenters. The van der Waals surface area contributed by atoms with E-state index in [-0.39, 0.29) is 0 Å². The number of fused-ring (bicyclic) bond motifs is 1. The van der Waals surface area contributed by atoms with Crippen LogP contribution in [0.2, 0.25) is 0 Å². The quantitative estimate of drug-likeness (QED) is 0.363. The van der Waals surface area contributed by atoms with Gasteiger partial charge in [0.25, 0.3) is 0 Å². The zero-order valence-corrected chi connectivity index (χ0v) is 18.4. The molecule has 172 valence electrons. The van der Waals surface area contributed by atoms with Crippen LogP contribution in [-0.2, 0) is 14.3 Å². The highest BCUT2D eigenvalue weighted by Gasteiger charge is 2.46. The summed E-state index contributed by atoms with van der Waals surface area (Å²) in [6.07, 6.45) is -5.06. The molecule has 3 heterocycles. The number of aliphatic hydroxyl groups is 3. The summed E-state index contributed by atoms with van der Waals surface area (Å²) in [7, 11) is 0. The van der Waals surface area contributed by atoms with E-state index < -0.39 is 55.2 Å². The summed E-state index contributed by atoms with van der Waals surface area (Å²) in [6.45, 7) is 0.719. The minimum atomic E-state index is -1.41. The van der Waals surface area contributed by atoms with Gasteiger partial charge in [0.2, 0.25) is 12.2 Å². The lowest BCUT2D eigenvalue weighted by Crippen LogP contribution is -2.65. The fourth-order valence-electron chi connectivity index (χ4n) is 3.39. The number of hydrogen-bond acceptors (Lipinski definition) is 11. The molecule has 11 nitrogen and oxygen atoms in total. The first-order chi connectivity index (χ1) is 15.3. The number of thioether (sulfide) groups is 1. The number of nitrogens with zero attached hydrogens (tertiary/aromatic N) is 2. The first-order valence-electron chi connectivity index (χ1n) is 9.67. The molecule has 32 heavy (non-hydrogen) atoms. The number of carboxylic acids is 1. The average Bonchev–Trinajstić information content (AvgIpc) is 3.40. The highest BCUT2D eigenvalue weighted by Crippen LogP contribution is 2.33. The number of aromatic nitrogens is 1. The van der Waals surface area contributed by atoms with Gasteiger partial charge in [-0.2, -0.15) is 0 Å². The van der Waals surface area contributed by atoms with E-state index in [4.69, 9.17) is 14.6 Å². The molecule has 1 fully saturated rings. The smallest absolute Gasteiger partial charge is 0.329 e. The van der Waals surface area contributed by atoms with Crippen molar-refractivity contribution in [2.75, 3.05) is 12.4 Å². The van der Waals surface area contributed by atoms with Gasteiger partial charge in [-0.1, -0.05) is 0 Å². The molecule has 2 aliphatic rings. The van der Waals surface area contributed by atoms with E-state index in [0.29, 0.717) is 27.1 Å². The number of thiazole rings is 1. The number of amides is 1. The molecule has 0 radical (unpaired) electrons. The number of aliphatic hydroxyl groups excluding tert-OH is 3. The number of benzene rings is 1. The molecule has 13 heteroatoms. The number of aliphatic imine (C=N–C) groups is 1. The maximum atomic E-state index is 11.6. The van der Waals surface area contributed by atoms with E-state index in [0.717, 1.165) is 4.70 Å². The van der Waals surface area contributed by atoms with Crippen LogP contribution in [0.15, 0.2) is 23.2 Å². The first-order valence-corrected chi connectivity index (χ1v) is 11.5. The largest absolute Gasteiger partial charge is 0.480 e. The highest BCUT2D eigenvalue weighted by molar-refractivity contribution is 8.15. The third-order valence-electron chi connectivity index (χ3n) is 4.98. The van der Waals surface area contributed by atoms with Crippen LogP contribution < -0.4 is 10.1 Å². The van der Waals surface area contributed by atoms with E-state index in [1.807, 2.05) is 0 Å². The number of carbonyl (C=O) groups excluding carboxylic acids is 1. The number of ether oxygens (including phenoxy) is 2. The van der Waals surface area contributed by atoms with Crippen molar-refractivity contribution in [3.8, 4) is 5.75 Å². The summed E-state index contributed by atoms with van der Waals surface area (Å²) in [4.78, 5) is 31.4. The molecule has 6 atom stereocenters. The predicted molar refractivity (Wildman–Crippen MR) is 116 cm³/mol. The van der Waals surface area contributed by atoms with E-state index in [1.54, 1.807) is 18.2 Å². The Morgan fingerprint density at radius 2 is 2.09 bits per heavy atom. The molecule has 1 saturated heterocycles. The van der Waals surface area contributed by atoms with Crippen molar-refractivity contribution in [2.24, 2.45) is 4.99 Å². The van der Waals surface area contributed by atoms with Crippen molar-refractivity contribution in [1.82, 2.24) is 10.3 Å². The first kappa shape index (κ1) is 22.9. The Labute approximate surface area is 190 Å². The van der Waals surface area contributed by atoms with Crippen LogP contribution in [0, 0.1) is 0 Å². The SMILES string of the molecule is CC(=O)N[C@H]1[C@@H](Oc2ccc3nc(C4=N[C@@H](C(=O)O)CS4)sc3c2)O[C@H](CO)[C@H](O)[C@H]1O. The Morgan fingerprint density at radius 3 is 2.75 bits per heavy atom. The van der Waals surface area contributed by atoms with Crippen LogP contribution in [0.3, 0.4) is 0 Å². The fraction of sp³-hybridized carbons (Fsp3) is 0.474. The van der Waals surface area contributed by atoms with Crippen LogP contribution >= 0.6 is 23.1 Å². The molecule has 2 aromatic rings. The summed E-state index contributed by atoms with van der Waals surface area (Å²) in [6, 6.07) is 3.20. The van der Waals surface area contributed by atoms with E-state index in [2.05, 4.69) is 15.3 Å². The Balaban J connectivity index is 1.57. The minimum Gasteiger partial charge on any atom is -0.480 e. The van der Waals surface area contributed by atoms with E-state index in [9.17, 15) is 24.9 Å². The summed E-state index contributed by atoms with van der Waals surface area (Å²) >= 11 is 2.67. The van der Waals surface area contributed by atoms with Gasteiger partial charge >= 0.3 is 5.97 Å². The van der Waals surface area contributed by atoms with Gasteiger partial charge in [-0.3, -0.25) is 9.79 Å². The third kappa shape index (κ3) is 4.58. The van der Waals surface area contributed by atoms with Gasteiger partial charge in [0.15, 0.2) is 6.04 Å². The molecule has 0 saturated carbocycles. The summed E-state index contributed by atoms with van der Waals surface area (Å²) in [5, 5.41) is 42.7. The fourth-order valence-corrected chi connectivity index (χ4v) is 5.48. The topological polar surface area (TPSA) is 171 Å². The molecule has 4 rings (SSSR count). The number of aliphatic carboxylic acids is 1. The molecule has 1 aromatic heterocycles. The van der Waals surface area contributed by atoms with E-state index >= 15 is 0 Å². The zero-order valence-electron chi connectivity index (χ0n) is 16.7. The lowest BCUT2D eigenvalue weighted by molar-refractivity contribution is -0.244. The van der Waals surface area contributed by atoms with Gasteiger partial charge in [-0.15, -0.1) is 23.1 Å². The Bertz CT molecular complexity index is 1060. The maximum absolute atomic E-state index is 11.6. The number of rotatable bonds is 6. The van der Waals surface area contributed by atoms with Crippen LogP contribution in [0.5, 0.6) is 5.75 Å². The Morgan fingerprint density at radius 1 is 1.31 bits per heavy atom. The number of hydrogen-bond donors (Lipinski definition) is 5. The van der Waals surface area contributed by atoms with Crippen LogP contribution in [-0.4, -0.2) is 91.4 Å².